The van der Waals surface area contributed by atoms with Gasteiger partial charge < -0.3 is 0 Å². The Kier molecular flexibility index (Phi) is 1.71. The summed E-state index contributed by atoms with van der Waals surface area (Å²) in [6, 6.07) is 0. The predicted molar refractivity (Wildman–Crippen MR) is 50.1 cm³/mol. The summed E-state index contributed by atoms with van der Waals surface area (Å²) in [7, 11) is 0. The van der Waals surface area contributed by atoms with Crippen LogP contribution in [0.15, 0.2) is 0 Å². The van der Waals surface area contributed by atoms with Gasteiger partial charge in [-0.2, -0.15) is 0 Å². The summed E-state index contributed by atoms with van der Waals surface area (Å²) in [6.45, 7) is 0. The average molecular weight is 234 g/mol. The highest BCUT2D eigenvalue weighted by atomic mass is 35.5. The van der Waals surface area contributed by atoms with Gasteiger partial charge >= 0.3 is 0 Å². The number of alkyl halides is 4. The molecule has 0 unspecified atom stereocenters. The number of hydrogen-bond donors (Lipinski definition) is 0. The number of halogens is 4. The van der Waals surface area contributed by atoms with Crippen LogP contribution in [0.3, 0.4) is 0 Å². The molecule has 2 aliphatic rings. The maximum Gasteiger partial charge on any atom is 0.156 e. The minimum Gasteiger partial charge on any atom is -0.116 e. The first-order valence-corrected chi connectivity index (χ1v) is 5.18. The van der Waals surface area contributed by atoms with Crippen LogP contribution in [-0.2, 0) is 0 Å². The first-order valence-electron chi connectivity index (χ1n) is 3.67. The van der Waals surface area contributed by atoms with E-state index < -0.39 is 14.1 Å². The van der Waals surface area contributed by atoms with Crippen LogP contribution in [0.5, 0.6) is 0 Å². The van der Waals surface area contributed by atoms with Crippen LogP contribution in [0.4, 0.5) is 0 Å². The van der Waals surface area contributed by atoms with E-state index in [2.05, 4.69) is 0 Å². The molecule has 4 heteroatoms. The lowest BCUT2D eigenvalue weighted by molar-refractivity contribution is 0.518. The first kappa shape index (κ1) is 8.74. The van der Waals surface area contributed by atoms with Gasteiger partial charge in [0, 0.05) is 0 Å². The van der Waals surface area contributed by atoms with Crippen LogP contribution in [-0.4, -0.2) is 14.1 Å². The first-order chi connectivity index (χ1) is 4.91. The molecule has 2 rings (SSSR count). The summed E-state index contributed by atoms with van der Waals surface area (Å²) in [5.41, 5.74) is 0. The Balaban J connectivity index is 2.46. The normalized spacial score (nSPS) is 53.5. The molecular formula is C7H8Cl4. The Morgan fingerprint density at radius 1 is 0.636 bits per heavy atom. The van der Waals surface area contributed by atoms with Crippen molar-refractivity contribution in [2.75, 3.05) is 0 Å². The molecule has 0 heterocycles. The van der Waals surface area contributed by atoms with E-state index in [1.807, 2.05) is 0 Å². The van der Waals surface area contributed by atoms with Crippen LogP contribution >= 0.6 is 46.4 Å². The van der Waals surface area contributed by atoms with Gasteiger partial charge in [0.2, 0.25) is 0 Å². The third-order valence-corrected chi connectivity index (χ3v) is 6.12. The van der Waals surface area contributed by atoms with Crippen molar-refractivity contribution in [1.29, 1.82) is 0 Å². The van der Waals surface area contributed by atoms with Crippen molar-refractivity contribution in [2.24, 2.45) is 0 Å². The molecule has 0 atom stereocenters. The van der Waals surface area contributed by atoms with E-state index in [9.17, 15) is 0 Å². The van der Waals surface area contributed by atoms with E-state index in [0.29, 0.717) is 0 Å². The Morgan fingerprint density at radius 3 is 1.00 bits per heavy atom. The fourth-order valence-corrected chi connectivity index (χ4v) is 3.62. The minimum absolute atomic E-state index is 0.460. The van der Waals surface area contributed by atoms with Crippen molar-refractivity contribution in [1.82, 2.24) is 0 Å². The average Bonchev–Trinajstić information content (AvgIpc) is 2.19. The van der Waals surface area contributed by atoms with Crippen LogP contribution in [0.25, 0.3) is 0 Å². The van der Waals surface area contributed by atoms with Crippen molar-refractivity contribution in [3.8, 4) is 0 Å². The number of rotatable bonds is 0. The van der Waals surface area contributed by atoms with Crippen molar-refractivity contribution in [3.05, 3.63) is 0 Å². The predicted octanol–water partition coefficient (Wildman–Crippen LogP) is 3.70. The van der Waals surface area contributed by atoms with Gasteiger partial charge in [-0.1, -0.05) is 23.2 Å². The molecule has 0 spiro atoms. The third-order valence-electron chi connectivity index (χ3n) is 2.96. The SMILES string of the molecule is ClC12CCC(Cl)(CC1)C2(Cl)Cl. The Hall–Kier alpha value is 1.16. The maximum absolute atomic E-state index is 6.23. The van der Waals surface area contributed by atoms with Crippen LogP contribution < -0.4 is 0 Å². The molecule has 0 radical (unpaired) electrons. The molecule has 0 aromatic carbocycles. The van der Waals surface area contributed by atoms with Gasteiger partial charge in [0.15, 0.2) is 4.33 Å². The number of fused-ring (bicyclic) bond motifs is 2. The van der Waals surface area contributed by atoms with Crippen LogP contribution in [0, 0.1) is 0 Å². The van der Waals surface area contributed by atoms with E-state index in [1.54, 1.807) is 0 Å². The monoisotopic (exact) mass is 232 g/mol. The third kappa shape index (κ3) is 0.852. The standard InChI is InChI=1S/C7H8Cl4/c8-5-1-2-6(9,4-3-5)7(5,10)11/h1-4H2. The molecule has 2 aliphatic carbocycles. The summed E-state index contributed by atoms with van der Waals surface area (Å²) in [5.74, 6) is 0. The molecule has 2 saturated carbocycles. The quantitative estimate of drug-likeness (QED) is 0.560. The summed E-state index contributed by atoms with van der Waals surface area (Å²) in [5, 5.41) is 0. The molecule has 0 aromatic heterocycles. The molecule has 11 heavy (non-hydrogen) atoms. The second kappa shape index (κ2) is 2.15. The summed E-state index contributed by atoms with van der Waals surface area (Å²) in [4.78, 5) is -0.921. The van der Waals surface area contributed by atoms with E-state index in [4.69, 9.17) is 46.4 Å². The van der Waals surface area contributed by atoms with Gasteiger partial charge in [-0.25, -0.2) is 0 Å². The molecule has 0 saturated heterocycles. The minimum atomic E-state index is -0.927. The molecule has 0 aliphatic heterocycles. The van der Waals surface area contributed by atoms with Gasteiger partial charge in [-0.3, -0.25) is 0 Å². The molecule has 2 fully saturated rings. The van der Waals surface area contributed by atoms with E-state index in [1.165, 1.54) is 0 Å². The van der Waals surface area contributed by atoms with Crippen molar-refractivity contribution >= 4 is 46.4 Å². The zero-order chi connectivity index (χ0) is 8.33. The van der Waals surface area contributed by atoms with Gasteiger partial charge in [0.25, 0.3) is 0 Å². The summed E-state index contributed by atoms with van der Waals surface area (Å²) in [6.07, 6.45) is 3.35. The molecule has 0 nitrogen and oxygen atoms in total. The zero-order valence-corrected chi connectivity index (χ0v) is 8.86. The Bertz CT molecular complexity index is 171. The molecule has 64 valence electrons. The second-order valence-corrected chi connectivity index (χ2v) is 6.28. The van der Waals surface area contributed by atoms with Crippen molar-refractivity contribution < 1.29 is 0 Å². The fourth-order valence-electron chi connectivity index (χ4n) is 2.07. The summed E-state index contributed by atoms with van der Waals surface area (Å²) < 4.78 is -0.927. The fraction of sp³-hybridized carbons (Fsp3) is 1.00. The molecule has 0 amide bonds. The smallest absolute Gasteiger partial charge is 0.116 e. The lowest BCUT2D eigenvalue weighted by Crippen LogP contribution is -2.39. The van der Waals surface area contributed by atoms with Gasteiger partial charge in [-0.15, -0.1) is 23.2 Å². The zero-order valence-electron chi connectivity index (χ0n) is 5.84. The highest BCUT2D eigenvalue weighted by Gasteiger charge is 2.70. The largest absolute Gasteiger partial charge is 0.156 e. The second-order valence-electron chi connectivity index (χ2n) is 3.51. The van der Waals surface area contributed by atoms with Crippen molar-refractivity contribution in [3.63, 3.8) is 0 Å². The van der Waals surface area contributed by atoms with E-state index in [0.717, 1.165) is 25.7 Å². The lowest BCUT2D eigenvalue weighted by atomic mass is 10.00. The van der Waals surface area contributed by atoms with Gasteiger partial charge in [-0.05, 0) is 25.7 Å². The topological polar surface area (TPSA) is 0 Å². The highest BCUT2D eigenvalue weighted by Crippen LogP contribution is 2.68. The van der Waals surface area contributed by atoms with Crippen LogP contribution in [0.2, 0.25) is 0 Å². The highest BCUT2D eigenvalue weighted by molar-refractivity contribution is 6.58. The molecule has 2 bridgehead atoms. The molecule has 0 aromatic rings. The molecule has 0 N–H and O–H groups in total. The lowest BCUT2D eigenvalue weighted by Gasteiger charge is -2.29. The molecular weight excluding hydrogens is 226 g/mol. The van der Waals surface area contributed by atoms with E-state index in [-0.39, 0.29) is 0 Å². The number of hydrogen-bond acceptors (Lipinski definition) is 0. The summed E-state index contributed by atoms with van der Waals surface area (Å²) >= 11 is 24.7. The van der Waals surface area contributed by atoms with E-state index >= 15 is 0 Å². The Labute approximate surface area is 86.1 Å². The van der Waals surface area contributed by atoms with Crippen LogP contribution in [0.1, 0.15) is 25.7 Å². The van der Waals surface area contributed by atoms with Crippen molar-refractivity contribution in [2.45, 2.75) is 39.8 Å². The van der Waals surface area contributed by atoms with Gasteiger partial charge in [0.1, 0.15) is 0 Å². The Morgan fingerprint density at radius 2 is 0.909 bits per heavy atom. The maximum atomic E-state index is 6.23. The van der Waals surface area contributed by atoms with Gasteiger partial charge in [0.05, 0.1) is 9.75 Å².